The highest BCUT2D eigenvalue weighted by Gasteiger charge is 2.33. The molecule has 1 atom stereocenters. The van der Waals surface area contributed by atoms with E-state index in [4.69, 9.17) is 11.6 Å². The molecule has 206 valence electrons. The maximum atomic E-state index is 14.0. The van der Waals surface area contributed by atoms with Crippen LogP contribution in [0.25, 0.3) is 0 Å². The topological polar surface area (TPSA) is 104 Å². The zero-order valence-corrected chi connectivity index (χ0v) is 23.7. The van der Waals surface area contributed by atoms with Crippen LogP contribution in [-0.4, -0.2) is 56.3 Å². The number of hydrogen-bond acceptors (Lipinski definition) is 5. The van der Waals surface area contributed by atoms with Crippen LogP contribution in [0.4, 0.5) is 5.69 Å². The number of carbonyl (C=O) groups excluding carboxylic acids is 3. The molecule has 0 aliphatic carbocycles. The molecule has 0 unspecified atom stereocenters. The summed E-state index contributed by atoms with van der Waals surface area (Å²) in [5.74, 6) is -1.18. The maximum absolute atomic E-state index is 14.0. The van der Waals surface area contributed by atoms with Crippen LogP contribution in [-0.2, 0) is 32.6 Å². The van der Waals surface area contributed by atoms with Crippen molar-refractivity contribution in [1.29, 1.82) is 0 Å². The summed E-state index contributed by atoms with van der Waals surface area (Å²) in [4.78, 5) is 40.6. The van der Waals surface area contributed by atoms with Crippen LogP contribution in [0.15, 0.2) is 78.9 Å². The predicted molar refractivity (Wildman–Crippen MR) is 153 cm³/mol. The molecular weight excluding hydrogens is 538 g/mol. The SMILES string of the molecule is CCNC(=O)[C@H](Cc1ccccc1)N(Cc1cccc(Cl)c1)C(=O)CN(c1cccc(C(C)=O)c1)S(C)(=O)=O. The lowest BCUT2D eigenvalue weighted by molar-refractivity contribution is -0.140. The molecule has 3 aromatic carbocycles. The van der Waals surface area contributed by atoms with E-state index >= 15 is 0 Å². The number of halogens is 1. The van der Waals surface area contributed by atoms with Crippen molar-refractivity contribution in [1.82, 2.24) is 10.2 Å². The van der Waals surface area contributed by atoms with Gasteiger partial charge in [-0.25, -0.2) is 8.42 Å². The van der Waals surface area contributed by atoms with Gasteiger partial charge in [0, 0.05) is 30.1 Å². The number of likely N-dealkylation sites (N-methyl/N-ethyl adjacent to an activating group) is 1. The third-order valence-corrected chi connectivity index (χ3v) is 7.46. The molecule has 0 saturated heterocycles. The fraction of sp³-hybridized carbons (Fsp3) is 0.276. The smallest absolute Gasteiger partial charge is 0.244 e. The second kappa shape index (κ2) is 13.4. The molecule has 0 aliphatic heterocycles. The van der Waals surface area contributed by atoms with Crippen molar-refractivity contribution in [2.24, 2.45) is 0 Å². The lowest BCUT2D eigenvalue weighted by Gasteiger charge is -2.33. The van der Waals surface area contributed by atoms with E-state index < -0.39 is 28.5 Å². The number of amides is 2. The van der Waals surface area contributed by atoms with Crippen LogP contribution in [0.1, 0.15) is 35.3 Å². The summed E-state index contributed by atoms with van der Waals surface area (Å²) in [7, 11) is -3.93. The number of carbonyl (C=O) groups is 3. The van der Waals surface area contributed by atoms with E-state index in [2.05, 4.69) is 5.32 Å². The highest BCUT2D eigenvalue weighted by molar-refractivity contribution is 7.92. The Hall–Kier alpha value is -3.69. The Labute approximate surface area is 234 Å². The van der Waals surface area contributed by atoms with Gasteiger partial charge in [0.1, 0.15) is 12.6 Å². The number of ketones is 1. The summed E-state index contributed by atoms with van der Waals surface area (Å²) in [5.41, 5.74) is 2.02. The number of sulfonamides is 1. The monoisotopic (exact) mass is 569 g/mol. The van der Waals surface area contributed by atoms with Crippen LogP contribution < -0.4 is 9.62 Å². The number of rotatable bonds is 12. The molecule has 1 N–H and O–H groups in total. The van der Waals surface area contributed by atoms with Gasteiger partial charge in [0.2, 0.25) is 21.8 Å². The molecule has 2 amide bonds. The van der Waals surface area contributed by atoms with Gasteiger partial charge in [0.05, 0.1) is 11.9 Å². The van der Waals surface area contributed by atoms with Gasteiger partial charge in [-0.15, -0.1) is 0 Å². The average Bonchev–Trinajstić information content (AvgIpc) is 2.89. The van der Waals surface area contributed by atoms with Crippen molar-refractivity contribution >= 4 is 44.9 Å². The summed E-state index contributed by atoms with van der Waals surface area (Å²) >= 11 is 6.20. The second-order valence-electron chi connectivity index (χ2n) is 9.13. The first-order valence-electron chi connectivity index (χ1n) is 12.4. The zero-order valence-electron chi connectivity index (χ0n) is 22.1. The molecule has 3 aromatic rings. The third-order valence-electron chi connectivity index (χ3n) is 6.08. The van der Waals surface area contributed by atoms with Crippen molar-refractivity contribution < 1.29 is 22.8 Å². The molecule has 39 heavy (non-hydrogen) atoms. The standard InChI is InChI=1S/C29H32ClN3O5S/c1-4-31-29(36)27(17-22-10-6-5-7-11-22)32(19-23-12-8-14-25(30)16-23)28(35)20-33(39(3,37)38)26-15-9-13-24(18-26)21(2)34/h5-16,18,27H,4,17,19-20H2,1-3H3,(H,31,36)/t27-/m0/s1. The fourth-order valence-electron chi connectivity index (χ4n) is 4.17. The van der Waals surface area contributed by atoms with Crippen LogP contribution in [0.5, 0.6) is 0 Å². The van der Waals surface area contributed by atoms with E-state index in [-0.39, 0.29) is 30.3 Å². The van der Waals surface area contributed by atoms with Gasteiger partial charge in [-0.1, -0.05) is 66.2 Å². The molecule has 0 bridgehead atoms. The van der Waals surface area contributed by atoms with Crippen LogP contribution in [0.2, 0.25) is 5.02 Å². The summed E-state index contributed by atoms with van der Waals surface area (Å²) in [6.07, 6.45) is 1.21. The van der Waals surface area contributed by atoms with Gasteiger partial charge in [-0.2, -0.15) is 0 Å². The molecule has 0 saturated carbocycles. The van der Waals surface area contributed by atoms with Crippen molar-refractivity contribution in [2.75, 3.05) is 23.7 Å². The zero-order chi connectivity index (χ0) is 28.6. The van der Waals surface area contributed by atoms with Gasteiger partial charge in [-0.05, 0) is 49.2 Å². The lowest BCUT2D eigenvalue weighted by atomic mass is 10.0. The third kappa shape index (κ3) is 8.40. The maximum Gasteiger partial charge on any atom is 0.244 e. The lowest BCUT2D eigenvalue weighted by Crippen LogP contribution is -2.53. The quantitative estimate of drug-likeness (QED) is 0.331. The molecule has 8 nitrogen and oxygen atoms in total. The normalized spacial score (nSPS) is 11.9. The van der Waals surface area contributed by atoms with Crippen molar-refractivity contribution in [3.05, 3.63) is 101 Å². The van der Waals surface area contributed by atoms with E-state index in [0.717, 1.165) is 16.1 Å². The molecule has 3 rings (SSSR count). The van der Waals surface area contributed by atoms with Crippen molar-refractivity contribution in [3.63, 3.8) is 0 Å². The Balaban J connectivity index is 2.06. The minimum atomic E-state index is -3.93. The molecule has 0 aliphatic rings. The molecule has 10 heteroatoms. The second-order valence-corrected chi connectivity index (χ2v) is 11.5. The van der Waals surface area contributed by atoms with E-state index in [1.807, 2.05) is 30.3 Å². The molecule has 0 radical (unpaired) electrons. The minimum Gasteiger partial charge on any atom is -0.355 e. The first-order chi connectivity index (χ1) is 18.5. The number of benzene rings is 3. The molecule has 0 spiro atoms. The molecule has 0 fully saturated rings. The Morgan fingerprint density at radius 1 is 0.923 bits per heavy atom. The number of nitrogens with zero attached hydrogens (tertiary/aromatic N) is 2. The van der Waals surface area contributed by atoms with Gasteiger partial charge >= 0.3 is 0 Å². The largest absolute Gasteiger partial charge is 0.355 e. The Kier molecular flexibility index (Phi) is 10.3. The molecule has 0 aromatic heterocycles. The van der Waals surface area contributed by atoms with Gasteiger partial charge < -0.3 is 10.2 Å². The number of anilines is 1. The van der Waals surface area contributed by atoms with Gasteiger partial charge in [0.15, 0.2) is 5.78 Å². The summed E-state index contributed by atoms with van der Waals surface area (Å²) in [6.45, 7) is 2.98. The highest BCUT2D eigenvalue weighted by Crippen LogP contribution is 2.22. The van der Waals surface area contributed by atoms with Crippen LogP contribution in [0.3, 0.4) is 0 Å². The minimum absolute atomic E-state index is 0.0269. The summed E-state index contributed by atoms with van der Waals surface area (Å²) < 4.78 is 26.6. The van der Waals surface area contributed by atoms with E-state index in [0.29, 0.717) is 22.7 Å². The highest BCUT2D eigenvalue weighted by atomic mass is 35.5. The average molecular weight is 570 g/mol. The first-order valence-corrected chi connectivity index (χ1v) is 14.7. The number of hydrogen-bond donors (Lipinski definition) is 1. The number of nitrogens with one attached hydrogen (secondary N) is 1. The summed E-state index contributed by atoms with van der Waals surface area (Å²) in [5, 5.41) is 3.27. The predicted octanol–water partition coefficient (Wildman–Crippen LogP) is 4.08. The van der Waals surface area contributed by atoms with Gasteiger partial charge in [0.25, 0.3) is 0 Å². The number of Topliss-reactive ketones (excluding diaryl/α,β-unsaturated/α-hetero) is 1. The fourth-order valence-corrected chi connectivity index (χ4v) is 5.23. The summed E-state index contributed by atoms with van der Waals surface area (Å²) in [6, 6.07) is 21.4. The van der Waals surface area contributed by atoms with E-state index in [1.54, 1.807) is 43.3 Å². The van der Waals surface area contributed by atoms with E-state index in [9.17, 15) is 22.8 Å². The first kappa shape index (κ1) is 29.9. The molecule has 0 heterocycles. The Bertz CT molecular complexity index is 1430. The van der Waals surface area contributed by atoms with Crippen LogP contribution in [0, 0.1) is 0 Å². The van der Waals surface area contributed by atoms with Crippen molar-refractivity contribution in [3.8, 4) is 0 Å². The Morgan fingerprint density at radius 2 is 1.59 bits per heavy atom. The van der Waals surface area contributed by atoms with Crippen molar-refractivity contribution in [2.45, 2.75) is 32.9 Å². The van der Waals surface area contributed by atoms with Crippen LogP contribution >= 0.6 is 11.6 Å². The Morgan fingerprint density at radius 3 is 2.21 bits per heavy atom. The molecular formula is C29H32ClN3O5S. The van der Waals surface area contributed by atoms with E-state index in [1.165, 1.54) is 24.0 Å². The van der Waals surface area contributed by atoms with Gasteiger partial charge in [-0.3, -0.25) is 18.7 Å².